The van der Waals surface area contributed by atoms with E-state index in [-0.39, 0.29) is 11.7 Å². The number of carbonyl (C=O) groups excluding carboxylic acids is 1. The summed E-state index contributed by atoms with van der Waals surface area (Å²) in [4.78, 5) is 11.1. The number of hydrogen-bond acceptors (Lipinski definition) is 2. The molecule has 0 heterocycles. The number of rotatable bonds is 3. The molecule has 1 rings (SSSR count). The van der Waals surface area contributed by atoms with Crippen molar-refractivity contribution >= 4 is 24.2 Å². The van der Waals surface area contributed by atoms with Gasteiger partial charge in [0, 0.05) is 5.69 Å². The molecule has 0 bridgehead atoms. The lowest BCUT2D eigenvalue weighted by Gasteiger charge is -2.07. The number of anilines is 1. The fourth-order valence-corrected chi connectivity index (χ4v) is 1.22. The fourth-order valence-electron chi connectivity index (χ4n) is 1.14. The van der Waals surface area contributed by atoms with Gasteiger partial charge in [0.25, 0.3) is 0 Å². The lowest BCUT2D eigenvalue weighted by Crippen LogP contribution is -2.13. The SMILES string of the molecule is CCc1ccccc1NC(=O)CS. The molecular formula is C10H13NOS. The summed E-state index contributed by atoms with van der Waals surface area (Å²) in [5.41, 5.74) is 2.04. The molecule has 70 valence electrons. The molecule has 0 aliphatic carbocycles. The third-order valence-electron chi connectivity index (χ3n) is 1.82. The first-order valence-corrected chi connectivity index (χ1v) is 4.89. The van der Waals surface area contributed by atoms with E-state index >= 15 is 0 Å². The molecule has 0 spiro atoms. The molecule has 0 saturated carbocycles. The van der Waals surface area contributed by atoms with Crippen LogP contribution in [0.3, 0.4) is 0 Å². The van der Waals surface area contributed by atoms with Gasteiger partial charge >= 0.3 is 0 Å². The van der Waals surface area contributed by atoms with Crippen LogP contribution in [0.25, 0.3) is 0 Å². The molecule has 0 aromatic heterocycles. The van der Waals surface area contributed by atoms with Gasteiger partial charge < -0.3 is 5.32 Å². The Hall–Kier alpha value is -0.960. The molecule has 0 atom stereocenters. The third-order valence-corrected chi connectivity index (χ3v) is 2.10. The summed E-state index contributed by atoms with van der Waals surface area (Å²) >= 11 is 3.90. The summed E-state index contributed by atoms with van der Waals surface area (Å²) in [5, 5.41) is 2.80. The summed E-state index contributed by atoms with van der Waals surface area (Å²) in [6, 6.07) is 7.79. The van der Waals surface area contributed by atoms with Crippen LogP contribution >= 0.6 is 12.6 Å². The second-order valence-corrected chi connectivity index (χ2v) is 3.03. The van der Waals surface area contributed by atoms with E-state index in [1.807, 2.05) is 24.3 Å². The first-order chi connectivity index (χ1) is 6.27. The highest BCUT2D eigenvalue weighted by atomic mass is 32.1. The van der Waals surface area contributed by atoms with E-state index in [1.54, 1.807) is 0 Å². The highest BCUT2D eigenvalue weighted by Gasteiger charge is 2.02. The van der Waals surface area contributed by atoms with Crippen molar-refractivity contribution in [3.05, 3.63) is 29.8 Å². The lowest BCUT2D eigenvalue weighted by atomic mass is 10.1. The van der Waals surface area contributed by atoms with E-state index in [4.69, 9.17) is 0 Å². The Bertz CT molecular complexity index is 299. The predicted octanol–water partition coefficient (Wildman–Crippen LogP) is 2.12. The van der Waals surface area contributed by atoms with Crippen LogP contribution < -0.4 is 5.32 Å². The van der Waals surface area contributed by atoms with E-state index < -0.39 is 0 Å². The van der Waals surface area contributed by atoms with Crippen molar-refractivity contribution in [3.63, 3.8) is 0 Å². The fraction of sp³-hybridized carbons (Fsp3) is 0.300. The Morgan fingerprint density at radius 2 is 2.15 bits per heavy atom. The maximum Gasteiger partial charge on any atom is 0.234 e. The van der Waals surface area contributed by atoms with Gasteiger partial charge in [0.1, 0.15) is 0 Å². The van der Waals surface area contributed by atoms with Crippen LogP contribution in [0.1, 0.15) is 12.5 Å². The number of aryl methyl sites for hydroxylation is 1. The Labute approximate surface area is 83.8 Å². The second-order valence-electron chi connectivity index (χ2n) is 2.72. The number of carbonyl (C=O) groups is 1. The number of benzene rings is 1. The van der Waals surface area contributed by atoms with Gasteiger partial charge in [-0.05, 0) is 18.1 Å². The molecule has 13 heavy (non-hydrogen) atoms. The molecule has 0 saturated heterocycles. The van der Waals surface area contributed by atoms with Crippen molar-refractivity contribution in [2.45, 2.75) is 13.3 Å². The van der Waals surface area contributed by atoms with Gasteiger partial charge in [-0.25, -0.2) is 0 Å². The minimum absolute atomic E-state index is 0.0655. The number of nitrogens with one attached hydrogen (secondary N) is 1. The average molecular weight is 195 g/mol. The Kier molecular flexibility index (Phi) is 3.83. The zero-order valence-corrected chi connectivity index (χ0v) is 8.47. The summed E-state index contributed by atoms with van der Waals surface area (Å²) in [6.45, 7) is 2.06. The van der Waals surface area contributed by atoms with E-state index in [1.165, 1.54) is 0 Å². The molecule has 3 heteroatoms. The van der Waals surface area contributed by atoms with Crippen LogP contribution in [-0.2, 0) is 11.2 Å². The molecule has 0 aliphatic rings. The smallest absolute Gasteiger partial charge is 0.234 e. The normalized spacial score (nSPS) is 9.69. The monoisotopic (exact) mass is 195 g/mol. The quantitative estimate of drug-likeness (QED) is 0.711. The van der Waals surface area contributed by atoms with E-state index in [0.717, 1.165) is 17.7 Å². The standard InChI is InChI=1S/C10H13NOS/c1-2-8-5-3-4-6-9(8)11-10(12)7-13/h3-6,13H,2,7H2,1H3,(H,11,12). The summed E-state index contributed by atoms with van der Waals surface area (Å²) in [7, 11) is 0. The molecule has 0 unspecified atom stereocenters. The Morgan fingerprint density at radius 3 is 2.77 bits per heavy atom. The number of para-hydroxylation sites is 1. The van der Waals surface area contributed by atoms with Crippen LogP contribution in [0.4, 0.5) is 5.69 Å². The maximum atomic E-state index is 11.1. The maximum absolute atomic E-state index is 11.1. The van der Waals surface area contributed by atoms with Crippen LogP contribution in [0.5, 0.6) is 0 Å². The first-order valence-electron chi connectivity index (χ1n) is 4.26. The summed E-state index contributed by atoms with van der Waals surface area (Å²) in [5.74, 6) is 0.155. The molecule has 2 nitrogen and oxygen atoms in total. The van der Waals surface area contributed by atoms with Crippen molar-refractivity contribution in [2.24, 2.45) is 0 Å². The van der Waals surface area contributed by atoms with Crippen molar-refractivity contribution in [1.82, 2.24) is 0 Å². The predicted molar refractivity (Wildman–Crippen MR) is 58.3 cm³/mol. The molecule has 0 aliphatic heterocycles. The molecule has 0 radical (unpaired) electrons. The van der Waals surface area contributed by atoms with Crippen molar-refractivity contribution in [2.75, 3.05) is 11.1 Å². The topological polar surface area (TPSA) is 29.1 Å². The molecule has 1 N–H and O–H groups in total. The van der Waals surface area contributed by atoms with Gasteiger partial charge in [-0.3, -0.25) is 4.79 Å². The van der Waals surface area contributed by atoms with Crippen molar-refractivity contribution in [1.29, 1.82) is 0 Å². The van der Waals surface area contributed by atoms with Crippen molar-refractivity contribution in [3.8, 4) is 0 Å². The summed E-state index contributed by atoms with van der Waals surface area (Å²) < 4.78 is 0. The van der Waals surface area contributed by atoms with Gasteiger partial charge in [-0.2, -0.15) is 12.6 Å². The molecule has 1 aromatic carbocycles. The lowest BCUT2D eigenvalue weighted by molar-refractivity contribution is -0.113. The van der Waals surface area contributed by atoms with Crippen LogP contribution in [0.15, 0.2) is 24.3 Å². The molecule has 1 aromatic rings. The zero-order chi connectivity index (χ0) is 9.68. The van der Waals surface area contributed by atoms with Gasteiger partial charge in [-0.1, -0.05) is 25.1 Å². The molecule has 0 fully saturated rings. The van der Waals surface area contributed by atoms with Gasteiger partial charge in [0.05, 0.1) is 5.75 Å². The van der Waals surface area contributed by atoms with E-state index in [2.05, 4.69) is 24.9 Å². The minimum atomic E-state index is -0.0655. The van der Waals surface area contributed by atoms with Crippen LogP contribution in [0, 0.1) is 0 Å². The van der Waals surface area contributed by atoms with E-state index in [0.29, 0.717) is 0 Å². The number of hydrogen-bond donors (Lipinski definition) is 2. The largest absolute Gasteiger partial charge is 0.325 e. The average Bonchev–Trinajstić information content (AvgIpc) is 2.18. The zero-order valence-electron chi connectivity index (χ0n) is 7.58. The van der Waals surface area contributed by atoms with Gasteiger partial charge in [-0.15, -0.1) is 0 Å². The second kappa shape index (κ2) is 4.92. The molecular weight excluding hydrogens is 182 g/mol. The minimum Gasteiger partial charge on any atom is -0.325 e. The third kappa shape index (κ3) is 2.77. The van der Waals surface area contributed by atoms with E-state index in [9.17, 15) is 4.79 Å². The Balaban J connectivity index is 2.81. The van der Waals surface area contributed by atoms with Crippen LogP contribution in [-0.4, -0.2) is 11.7 Å². The highest BCUT2D eigenvalue weighted by molar-refractivity contribution is 7.81. The van der Waals surface area contributed by atoms with Crippen molar-refractivity contribution < 1.29 is 4.79 Å². The highest BCUT2D eigenvalue weighted by Crippen LogP contribution is 2.14. The number of thiol groups is 1. The Morgan fingerprint density at radius 1 is 1.46 bits per heavy atom. The first kappa shape index (κ1) is 10.1. The van der Waals surface area contributed by atoms with Gasteiger partial charge in [0.2, 0.25) is 5.91 Å². The summed E-state index contributed by atoms with van der Waals surface area (Å²) in [6.07, 6.45) is 0.920. The van der Waals surface area contributed by atoms with Gasteiger partial charge in [0.15, 0.2) is 0 Å². The molecule has 1 amide bonds. The number of amides is 1. The van der Waals surface area contributed by atoms with Crippen LogP contribution in [0.2, 0.25) is 0 Å².